The quantitative estimate of drug-likeness (QED) is 0.793. The van der Waals surface area contributed by atoms with Gasteiger partial charge in [0, 0.05) is 11.8 Å². The van der Waals surface area contributed by atoms with Crippen LogP contribution < -0.4 is 5.32 Å². The van der Waals surface area contributed by atoms with Gasteiger partial charge in [0.1, 0.15) is 18.2 Å². The number of aromatic nitrogens is 2. The SMILES string of the molecule is CCOC(=O)C(C)Nc1cc(C(C)C)ncn1. The van der Waals surface area contributed by atoms with Gasteiger partial charge in [-0.15, -0.1) is 0 Å². The van der Waals surface area contributed by atoms with E-state index in [-0.39, 0.29) is 5.97 Å². The first-order valence-electron chi connectivity index (χ1n) is 5.79. The first-order chi connectivity index (χ1) is 8.04. The van der Waals surface area contributed by atoms with Crippen molar-refractivity contribution in [2.45, 2.75) is 39.7 Å². The smallest absolute Gasteiger partial charge is 0.328 e. The van der Waals surface area contributed by atoms with Crippen molar-refractivity contribution < 1.29 is 9.53 Å². The minimum atomic E-state index is -0.412. The molecule has 0 spiro atoms. The second-order valence-corrected chi connectivity index (χ2v) is 4.10. The first kappa shape index (κ1) is 13.4. The highest BCUT2D eigenvalue weighted by atomic mass is 16.5. The summed E-state index contributed by atoms with van der Waals surface area (Å²) in [4.78, 5) is 19.7. The minimum Gasteiger partial charge on any atom is -0.464 e. The van der Waals surface area contributed by atoms with Crippen LogP contribution in [-0.2, 0) is 9.53 Å². The molecule has 5 nitrogen and oxygen atoms in total. The van der Waals surface area contributed by atoms with E-state index in [4.69, 9.17) is 4.74 Å². The Balaban J connectivity index is 2.68. The molecular formula is C12H19N3O2. The highest BCUT2D eigenvalue weighted by Gasteiger charge is 2.14. The molecule has 5 heteroatoms. The summed E-state index contributed by atoms with van der Waals surface area (Å²) in [6.07, 6.45) is 1.50. The summed E-state index contributed by atoms with van der Waals surface area (Å²) in [5, 5.41) is 3.00. The third-order valence-corrected chi connectivity index (χ3v) is 2.28. The largest absolute Gasteiger partial charge is 0.464 e. The molecule has 0 aliphatic rings. The lowest BCUT2D eigenvalue weighted by atomic mass is 10.1. The van der Waals surface area contributed by atoms with Crippen molar-refractivity contribution >= 4 is 11.8 Å². The highest BCUT2D eigenvalue weighted by Crippen LogP contribution is 2.14. The molecule has 1 unspecified atom stereocenters. The molecule has 1 atom stereocenters. The topological polar surface area (TPSA) is 64.1 Å². The van der Waals surface area contributed by atoms with Gasteiger partial charge in [-0.1, -0.05) is 13.8 Å². The van der Waals surface area contributed by atoms with E-state index in [0.29, 0.717) is 18.3 Å². The first-order valence-corrected chi connectivity index (χ1v) is 5.79. The average Bonchev–Trinajstić information content (AvgIpc) is 2.29. The molecular weight excluding hydrogens is 218 g/mol. The molecule has 0 bridgehead atoms. The molecule has 0 saturated heterocycles. The molecule has 0 aromatic carbocycles. The number of carbonyl (C=O) groups is 1. The Morgan fingerprint density at radius 3 is 2.71 bits per heavy atom. The fraction of sp³-hybridized carbons (Fsp3) is 0.583. The van der Waals surface area contributed by atoms with Crippen molar-refractivity contribution in [2.24, 2.45) is 0 Å². The highest BCUT2D eigenvalue weighted by molar-refractivity contribution is 5.78. The lowest BCUT2D eigenvalue weighted by molar-refractivity contribution is -0.143. The third kappa shape index (κ3) is 4.01. The standard InChI is InChI=1S/C12H19N3O2/c1-5-17-12(16)9(4)15-11-6-10(8(2)3)13-7-14-11/h6-9H,5H2,1-4H3,(H,13,14,15). The van der Waals surface area contributed by atoms with Gasteiger partial charge >= 0.3 is 5.97 Å². The van der Waals surface area contributed by atoms with Crippen molar-refractivity contribution in [1.29, 1.82) is 0 Å². The van der Waals surface area contributed by atoms with E-state index in [1.807, 2.05) is 6.07 Å². The number of anilines is 1. The van der Waals surface area contributed by atoms with Crippen LogP contribution in [0.3, 0.4) is 0 Å². The maximum Gasteiger partial charge on any atom is 0.328 e. The Morgan fingerprint density at radius 2 is 2.12 bits per heavy atom. The van der Waals surface area contributed by atoms with E-state index in [9.17, 15) is 4.79 Å². The zero-order valence-electron chi connectivity index (χ0n) is 10.7. The molecule has 0 radical (unpaired) electrons. The van der Waals surface area contributed by atoms with Crippen LogP contribution in [0.4, 0.5) is 5.82 Å². The van der Waals surface area contributed by atoms with Crippen LogP contribution in [0.15, 0.2) is 12.4 Å². The van der Waals surface area contributed by atoms with Gasteiger partial charge in [0.2, 0.25) is 0 Å². The maximum atomic E-state index is 11.4. The number of hydrogen-bond donors (Lipinski definition) is 1. The van der Waals surface area contributed by atoms with E-state index in [2.05, 4.69) is 29.1 Å². The Labute approximate surface area is 102 Å². The van der Waals surface area contributed by atoms with E-state index in [1.54, 1.807) is 13.8 Å². The molecule has 17 heavy (non-hydrogen) atoms. The Hall–Kier alpha value is -1.65. The number of carbonyl (C=O) groups excluding carboxylic acids is 1. The molecule has 1 aromatic heterocycles. The second-order valence-electron chi connectivity index (χ2n) is 4.10. The van der Waals surface area contributed by atoms with Crippen molar-refractivity contribution in [3.05, 3.63) is 18.1 Å². The van der Waals surface area contributed by atoms with Crippen LogP contribution in [0.25, 0.3) is 0 Å². The fourth-order valence-corrected chi connectivity index (χ4v) is 1.32. The normalized spacial score (nSPS) is 12.3. The van der Waals surface area contributed by atoms with Gasteiger partial charge in [-0.25, -0.2) is 14.8 Å². The fourth-order valence-electron chi connectivity index (χ4n) is 1.32. The predicted molar refractivity (Wildman–Crippen MR) is 65.8 cm³/mol. The van der Waals surface area contributed by atoms with Gasteiger partial charge in [-0.05, 0) is 19.8 Å². The van der Waals surface area contributed by atoms with E-state index < -0.39 is 6.04 Å². The summed E-state index contributed by atoms with van der Waals surface area (Å²) in [6, 6.07) is 1.44. The van der Waals surface area contributed by atoms with Gasteiger partial charge in [-0.2, -0.15) is 0 Å². The van der Waals surface area contributed by atoms with Crippen LogP contribution in [0.5, 0.6) is 0 Å². The molecule has 94 valence electrons. The van der Waals surface area contributed by atoms with E-state index in [0.717, 1.165) is 5.69 Å². The Morgan fingerprint density at radius 1 is 1.41 bits per heavy atom. The molecule has 0 saturated carbocycles. The monoisotopic (exact) mass is 237 g/mol. The molecule has 0 fully saturated rings. The number of nitrogens with zero attached hydrogens (tertiary/aromatic N) is 2. The zero-order valence-corrected chi connectivity index (χ0v) is 10.7. The van der Waals surface area contributed by atoms with Gasteiger partial charge in [0.15, 0.2) is 0 Å². The van der Waals surface area contributed by atoms with Crippen molar-refractivity contribution in [3.63, 3.8) is 0 Å². The maximum absolute atomic E-state index is 11.4. The predicted octanol–water partition coefficient (Wildman–Crippen LogP) is 1.96. The lowest BCUT2D eigenvalue weighted by Gasteiger charge is -2.14. The van der Waals surface area contributed by atoms with Crippen molar-refractivity contribution in [2.75, 3.05) is 11.9 Å². The second kappa shape index (κ2) is 6.18. The summed E-state index contributed by atoms with van der Waals surface area (Å²) in [7, 11) is 0. The summed E-state index contributed by atoms with van der Waals surface area (Å²) in [6.45, 7) is 8.02. The molecule has 0 amide bonds. The van der Waals surface area contributed by atoms with Crippen LogP contribution in [-0.4, -0.2) is 28.6 Å². The number of rotatable bonds is 5. The summed E-state index contributed by atoms with van der Waals surface area (Å²) in [5.74, 6) is 0.693. The number of hydrogen-bond acceptors (Lipinski definition) is 5. The molecule has 0 aliphatic carbocycles. The van der Waals surface area contributed by atoms with Crippen LogP contribution >= 0.6 is 0 Å². The summed E-state index contributed by atoms with van der Waals surface area (Å²) < 4.78 is 4.91. The number of nitrogens with one attached hydrogen (secondary N) is 1. The Bertz CT molecular complexity index is 380. The number of esters is 1. The zero-order chi connectivity index (χ0) is 12.8. The van der Waals surface area contributed by atoms with Crippen LogP contribution in [0.2, 0.25) is 0 Å². The van der Waals surface area contributed by atoms with Crippen molar-refractivity contribution in [1.82, 2.24) is 9.97 Å². The van der Waals surface area contributed by atoms with Crippen LogP contribution in [0.1, 0.15) is 39.3 Å². The molecule has 1 aromatic rings. The van der Waals surface area contributed by atoms with Gasteiger partial charge in [0.25, 0.3) is 0 Å². The minimum absolute atomic E-state index is 0.280. The molecule has 1 N–H and O–H groups in total. The average molecular weight is 237 g/mol. The summed E-state index contributed by atoms with van der Waals surface area (Å²) >= 11 is 0. The van der Waals surface area contributed by atoms with E-state index in [1.165, 1.54) is 6.33 Å². The lowest BCUT2D eigenvalue weighted by Crippen LogP contribution is -2.28. The van der Waals surface area contributed by atoms with Gasteiger partial charge < -0.3 is 10.1 Å². The van der Waals surface area contributed by atoms with Crippen molar-refractivity contribution in [3.8, 4) is 0 Å². The van der Waals surface area contributed by atoms with Gasteiger partial charge in [-0.3, -0.25) is 0 Å². The number of ether oxygens (including phenoxy) is 1. The Kier molecular flexibility index (Phi) is 4.87. The molecule has 0 aliphatic heterocycles. The summed E-state index contributed by atoms with van der Waals surface area (Å²) in [5.41, 5.74) is 0.943. The molecule has 1 rings (SSSR count). The van der Waals surface area contributed by atoms with E-state index >= 15 is 0 Å². The third-order valence-electron chi connectivity index (χ3n) is 2.28. The van der Waals surface area contributed by atoms with Gasteiger partial charge in [0.05, 0.1) is 6.61 Å². The molecule has 1 heterocycles. The van der Waals surface area contributed by atoms with Crippen LogP contribution in [0, 0.1) is 0 Å².